The fourth-order valence-electron chi connectivity index (χ4n) is 2.85. The molecule has 2 amide bonds. The van der Waals surface area contributed by atoms with Crippen molar-refractivity contribution in [2.45, 2.75) is 25.4 Å². The first kappa shape index (κ1) is 26.0. The van der Waals surface area contributed by atoms with E-state index in [1.165, 1.54) is 23.2 Å². The molecule has 0 radical (unpaired) electrons. The lowest BCUT2D eigenvalue weighted by molar-refractivity contribution is -0.135. The summed E-state index contributed by atoms with van der Waals surface area (Å²) in [5.74, 6) is -1.57. The summed E-state index contributed by atoms with van der Waals surface area (Å²) in [4.78, 5) is 44.3. The Bertz CT molecular complexity index is 756. The lowest BCUT2D eigenvalue weighted by atomic mass is 10.1. The van der Waals surface area contributed by atoms with E-state index >= 15 is 0 Å². The van der Waals surface area contributed by atoms with Crippen LogP contribution in [0, 0.1) is 0 Å². The summed E-state index contributed by atoms with van der Waals surface area (Å²) in [5, 5.41) is 15.0. The molecule has 0 aliphatic heterocycles. The fraction of sp³-hybridized carbons (Fsp3) is 0.455. The van der Waals surface area contributed by atoms with E-state index < -0.39 is 12.0 Å². The molecule has 0 spiro atoms. The minimum Gasteiger partial charge on any atom is -0.478 e. The van der Waals surface area contributed by atoms with Gasteiger partial charge in [0.25, 0.3) is 0 Å². The van der Waals surface area contributed by atoms with Crippen molar-refractivity contribution in [1.82, 2.24) is 25.4 Å². The van der Waals surface area contributed by atoms with Gasteiger partial charge in [-0.15, -0.1) is 13.2 Å². The third kappa shape index (κ3) is 10.0. The van der Waals surface area contributed by atoms with E-state index in [1.54, 1.807) is 12.2 Å². The van der Waals surface area contributed by atoms with Crippen molar-refractivity contribution in [2.75, 3.05) is 40.3 Å². The monoisotopic (exact) mass is 431 g/mol. The van der Waals surface area contributed by atoms with Gasteiger partial charge in [0.15, 0.2) is 0 Å². The summed E-state index contributed by atoms with van der Waals surface area (Å²) in [5.41, 5.74) is 0.566. The van der Waals surface area contributed by atoms with Gasteiger partial charge in [-0.25, -0.2) is 4.79 Å². The third-order valence-electron chi connectivity index (χ3n) is 4.40. The number of amides is 2. The molecule has 1 rings (SSSR count). The molecule has 9 nitrogen and oxygen atoms in total. The topological polar surface area (TPSA) is 115 Å². The number of aromatic carboxylic acids is 1. The summed E-state index contributed by atoms with van der Waals surface area (Å²) in [6.07, 6.45) is 5.37. The van der Waals surface area contributed by atoms with Gasteiger partial charge in [-0.3, -0.25) is 19.9 Å². The Kier molecular flexibility index (Phi) is 11.8. The second-order valence-corrected chi connectivity index (χ2v) is 7.31. The van der Waals surface area contributed by atoms with E-state index in [2.05, 4.69) is 28.8 Å². The van der Waals surface area contributed by atoms with Gasteiger partial charge in [0.1, 0.15) is 0 Å². The largest absolute Gasteiger partial charge is 0.478 e. The Hall–Kier alpha value is -3.04. The number of carboxylic acid groups (broad SMARTS) is 1. The summed E-state index contributed by atoms with van der Waals surface area (Å²) < 4.78 is 0. The lowest BCUT2D eigenvalue weighted by Crippen LogP contribution is -2.48. The quantitative estimate of drug-likeness (QED) is 0.279. The number of nitrogens with one attached hydrogen (secondary N) is 2. The maximum atomic E-state index is 13.0. The molecule has 0 fully saturated rings. The molecule has 1 heterocycles. The van der Waals surface area contributed by atoms with E-state index in [-0.39, 0.29) is 30.3 Å². The van der Waals surface area contributed by atoms with Crippen LogP contribution < -0.4 is 10.6 Å². The van der Waals surface area contributed by atoms with Gasteiger partial charge in [-0.05, 0) is 39.2 Å². The summed E-state index contributed by atoms with van der Waals surface area (Å²) in [6, 6.07) is 2.03. The molecule has 0 aromatic carbocycles. The first-order chi connectivity index (χ1) is 14.8. The van der Waals surface area contributed by atoms with Crippen molar-refractivity contribution >= 4 is 17.8 Å². The molecule has 0 aliphatic carbocycles. The Morgan fingerprint density at radius 2 is 1.90 bits per heavy atom. The number of rotatable bonds is 15. The maximum absolute atomic E-state index is 13.0. The number of hydrogen-bond acceptors (Lipinski definition) is 6. The van der Waals surface area contributed by atoms with Crippen LogP contribution >= 0.6 is 0 Å². The number of nitrogens with zero attached hydrogens (tertiary/aromatic N) is 3. The van der Waals surface area contributed by atoms with Crippen LogP contribution in [-0.2, 0) is 16.1 Å². The van der Waals surface area contributed by atoms with Crippen molar-refractivity contribution in [1.29, 1.82) is 0 Å². The third-order valence-corrected chi connectivity index (χ3v) is 4.40. The standard InChI is InChI=1S/C22H33N5O4/c1-5-11-27(12-6-2)21(29)19(15-20(28)24-9-7-13-26(3)4)25-16-18-14-17(22(30)31)8-10-23-18/h5-6,8,10,14,19,25H,1-2,7,9,11-13,15-16H2,3-4H3,(H,24,28)(H,30,31)/t19-/m0/s1. The Morgan fingerprint density at radius 1 is 1.23 bits per heavy atom. The second-order valence-electron chi connectivity index (χ2n) is 7.31. The average molecular weight is 432 g/mol. The molecular formula is C22H33N5O4. The zero-order valence-electron chi connectivity index (χ0n) is 18.3. The summed E-state index contributed by atoms with van der Waals surface area (Å²) in [6.45, 7) is 9.49. The van der Waals surface area contributed by atoms with Gasteiger partial charge >= 0.3 is 5.97 Å². The first-order valence-electron chi connectivity index (χ1n) is 10.1. The maximum Gasteiger partial charge on any atom is 0.335 e. The van der Waals surface area contributed by atoms with Crippen LogP contribution in [0.2, 0.25) is 0 Å². The number of carbonyl (C=O) groups is 3. The highest BCUT2D eigenvalue weighted by molar-refractivity contribution is 5.89. The van der Waals surface area contributed by atoms with Crippen molar-refractivity contribution in [3.05, 3.63) is 54.9 Å². The molecule has 170 valence electrons. The van der Waals surface area contributed by atoms with Gasteiger partial charge < -0.3 is 20.2 Å². The number of hydrogen-bond donors (Lipinski definition) is 3. The van der Waals surface area contributed by atoms with Crippen molar-refractivity contribution < 1.29 is 19.5 Å². The Balaban J connectivity index is 2.85. The van der Waals surface area contributed by atoms with Crippen LogP contribution in [0.15, 0.2) is 43.6 Å². The molecule has 0 saturated heterocycles. The van der Waals surface area contributed by atoms with E-state index in [1.807, 2.05) is 19.0 Å². The van der Waals surface area contributed by atoms with Crippen LogP contribution in [0.3, 0.4) is 0 Å². The highest BCUT2D eigenvalue weighted by atomic mass is 16.4. The van der Waals surface area contributed by atoms with Gasteiger partial charge in [0.2, 0.25) is 11.8 Å². The minimum absolute atomic E-state index is 0.0514. The predicted octanol–water partition coefficient (Wildman–Crippen LogP) is 0.897. The van der Waals surface area contributed by atoms with Gasteiger partial charge in [0, 0.05) is 32.4 Å². The molecule has 1 aromatic rings. The molecule has 31 heavy (non-hydrogen) atoms. The van der Waals surface area contributed by atoms with Crippen LogP contribution in [0.5, 0.6) is 0 Å². The van der Waals surface area contributed by atoms with Crippen LogP contribution in [-0.4, -0.2) is 84.0 Å². The molecule has 3 N–H and O–H groups in total. The van der Waals surface area contributed by atoms with Gasteiger partial charge in [-0.2, -0.15) is 0 Å². The summed E-state index contributed by atoms with van der Waals surface area (Å²) >= 11 is 0. The average Bonchev–Trinajstić information content (AvgIpc) is 2.73. The SMILES string of the molecule is C=CCN(CC=C)C(=O)[C@H](CC(=O)NCCCN(C)C)NCc1cc(C(=O)O)ccn1. The number of carbonyl (C=O) groups excluding carboxylic acids is 2. The van der Waals surface area contributed by atoms with Crippen molar-refractivity contribution in [3.63, 3.8) is 0 Å². The fourth-order valence-corrected chi connectivity index (χ4v) is 2.85. The molecule has 0 aliphatic rings. The highest BCUT2D eigenvalue weighted by Gasteiger charge is 2.25. The first-order valence-corrected chi connectivity index (χ1v) is 10.1. The van der Waals surface area contributed by atoms with E-state index in [4.69, 9.17) is 5.11 Å². The molecule has 0 unspecified atom stereocenters. The zero-order chi connectivity index (χ0) is 23.2. The van der Waals surface area contributed by atoms with Crippen LogP contribution in [0.4, 0.5) is 0 Å². The molecule has 9 heteroatoms. The Morgan fingerprint density at radius 3 is 2.48 bits per heavy atom. The molecule has 0 bridgehead atoms. The van der Waals surface area contributed by atoms with Crippen LogP contribution in [0.1, 0.15) is 28.9 Å². The zero-order valence-corrected chi connectivity index (χ0v) is 18.3. The Labute approximate surface area is 183 Å². The second kappa shape index (κ2) is 14.1. The normalized spacial score (nSPS) is 11.6. The van der Waals surface area contributed by atoms with Gasteiger partial charge in [0.05, 0.1) is 23.7 Å². The molecule has 0 saturated carbocycles. The van der Waals surface area contributed by atoms with Crippen LogP contribution in [0.25, 0.3) is 0 Å². The molecular weight excluding hydrogens is 398 g/mol. The molecule has 1 atom stereocenters. The van der Waals surface area contributed by atoms with Crippen molar-refractivity contribution in [3.8, 4) is 0 Å². The lowest BCUT2D eigenvalue weighted by Gasteiger charge is -2.26. The van der Waals surface area contributed by atoms with E-state index in [0.717, 1.165) is 13.0 Å². The summed E-state index contributed by atoms with van der Waals surface area (Å²) in [7, 11) is 3.92. The van der Waals surface area contributed by atoms with Crippen molar-refractivity contribution in [2.24, 2.45) is 0 Å². The van der Waals surface area contributed by atoms with E-state index in [9.17, 15) is 14.4 Å². The number of carboxylic acids is 1. The van der Waals surface area contributed by atoms with E-state index in [0.29, 0.717) is 25.3 Å². The number of aromatic nitrogens is 1. The highest BCUT2D eigenvalue weighted by Crippen LogP contribution is 2.06. The minimum atomic E-state index is -1.06. The van der Waals surface area contributed by atoms with Gasteiger partial charge in [-0.1, -0.05) is 12.2 Å². The molecule has 1 aromatic heterocycles. The smallest absolute Gasteiger partial charge is 0.335 e. The predicted molar refractivity (Wildman–Crippen MR) is 120 cm³/mol. The number of pyridine rings is 1.